The fourth-order valence-corrected chi connectivity index (χ4v) is 1.97. The van der Waals surface area contributed by atoms with Gasteiger partial charge in [-0.05, 0) is 42.0 Å². The van der Waals surface area contributed by atoms with Gasteiger partial charge in [0.2, 0.25) is 0 Å². The molecule has 1 nitrogen and oxygen atoms in total. The normalized spacial score (nSPS) is 17.5. The summed E-state index contributed by atoms with van der Waals surface area (Å²) in [4.78, 5) is 0. The van der Waals surface area contributed by atoms with E-state index in [-0.39, 0.29) is 5.41 Å². The molecular weight excluding hydrogens is 182 g/mol. The Hall–Kier alpha value is -0.820. The van der Waals surface area contributed by atoms with Crippen molar-refractivity contribution in [3.05, 3.63) is 35.4 Å². The number of hydrogen-bond donors (Lipinski definition) is 1. The van der Waals surface area contributed by atoms with Gasteiger partial charge >= 0.3 is 0 Å². The molecule has 1 fully saturated rings. The maximum absolute atomic E-state index is 3.32. The van der Waals surface area contributed by atoms with E-state index < -0.39 is 0 Å². The van der Waals surface area contributed by atoms with Crippen molar-refractivity contribution in [2.45, 2.75) is 32.6 Å². The lowest BCUT2D eigenvalue weighted by molar-refractivity contribution is 0.346. The van der Waals surface area contributed by atoms with Crippen LogP contribution in [-0.2, 0) is 11.8 Å². The topological polar surface area (TPSA) is 12.0 Å². The minimum atomic E-state index is 0.274. The molecule has 0 aliphatic carbocycles. The molecule has 0 aromatic heterocycles. The Morgan fingerprint density at radius 1 is 1.13 bits per heavy atom. The molecule has 1 saturated heterocycles. The molecule has 0 atom stereocenters. The summed E-state index contributed by atoms with van der Waals surface area (Å²) in [5, 5.41) is 3.32. The molecule has 1 aromatic rings. The zero-order chi connectivity index (χ0) is 10.9. The predicted octanol–water partition coefficient (Wildman–Crippen LogP) is 2.75. The van der Waals surface area contributed by atoms with Crippen molar-refractivity contribution < 1.29 is 0 Å². The van der Waals surface area contributed by atoms with Crippen LogP contribution in [0.3, 0.4) is 0 Å². The standard InChI is InChI=1S/C14H21N/c1-14(2,3)13-6-4-11(5-7-13)8-12-9-15-10-12/h4-7,12,15H,8-10H2,1-3H3. The Labute approximate surface area is 92.9 Å². The summed E-state index contributed by atoms with van der Waals surface area (Å²) in [6.45, 7) is 9.18. The van der Waals surface area contributed by atoms with E-state index in [4.69, 9.17) is 0 Å². The van der Waals surface area contributed by atoms with Gasteiger partial charge in [-0.2, -0.15) is 0 Å². The maximum atomic E-state index is 3.32. The largest absolute Gasteiger partial charge is 0.316 e. The fraction of sp³-hybridized carbons (Fsp3) is 0.571. The first-order valence-corrected chi connectivity index (χ1v) is 5.86. The summed E-state index contributed by atoms with van der Waals surface area (Å²) in [6.07, 6.45) is 1.23. The summed E-state index contributed by atoms with van der Waals surface area (Å²) < 4.78 is 0. The molecule has 1 aromatic carbocycles. The van der Waals surface area contributed by atoms with Gasteiger partial charge in [0.05, 0.1) is 0 Å². The monoisotopic (exact) mass is 203 g/mol. The van der Waals surface area contributed by atoms with E-state index in [0.29, 0.717) is 0 Å². The van der Waals surface area contributed by atoms with Crippen LogP contribution < -0.4 is 5.32 Å². The second-order valence-corrected chi connectivity index (χ2v) is 5.68. The minimum Gasteiger partial charge on any atom is -0.316 e. The van der Waals surface area contributed by atoms with Gasteiger partial charge in [-0.3, -0.25) is 0 Å². The molecule has 0 unspecified atom stereocenters. The van der Waals surface area contributed by atoms with Crippen molar-refractivity contribution in [3.8, 4) is 0 Å². The number of rotatable bonds is 2. The summed E-state index contributed by atoms with van der Waals surface area (Å²) in [7, 11) is 0. The quantitative estimate of drug-likeness (QED) is 0.779. The summed E-state index contributed by atoms with van der Waals surface area (Å²) in [5.41, 5.74) is 3.18. The van der Waals surface area contributed by atoms with Crippen molar-refractivity contribution in [3.63, 3.8) is 0 Å². The Morgan fingerprint density at radius 2 is 1.73 bits per heavy atom. The number of nitrogens with one attached hydrogen (secondary N) is 1. The Bertz CT molecular complexity index is 314. The zero-order valence-electron chi connectivity index (χ0n) is 10.0. The van der Waals surface area contributed by atoms with Crippen molar-refractivity contribution >= 4 is 0 Å². The lowest BCUT2D eigenvalue weighted by atomic mass is 9.85. The lowest BCUT2D eigenvalue weighted by Gasteiger charge is -2.27. The highest BCUT2D eigenvalue weighted by Crippen LogP contribution is 2.23. The van der Waals surface area contributed by atoms with Gasteiger partial charge in [0.15, 0.2) is 0 Å². The van der Waals surface area contributed by atoms with E-state index >= 15 is 0 Å². The molecule has 1 heterocycles. The van der Waals surface area contributed by atoms with Crippen molar-refractivity contribution in [1.82, 2.24) is 5.32 Å². The molecule has 0 bridgehead atoms. The average Bonchev–Trinajstić information content (AvgIpc) is 2.11. The van der Waals surface area contributed by atoms with Crippen LogP contribution in [0.15, 0.2) is 24.3 Å². The first kappa shape index (κ1) is 10.7. The van der Waals surface area contributed by atoms with Crippen LogP contribution in [-0.4, -0.2) is 13.1 Å². The van der Waals surface area contributed by atoms with Crippen LogP contribution in [0.4, 0.5) is 0 Å². The van der Waals surface area contributed by atoms with Crippen LogP contribution in [0, 0.1) is 5.92 Å². The third-order valence-corrected chi connectivity index (χ3v) is 3.21. The smallest absolute Gasteiger partial charge is 0.000506 e. The van der Waals surface area contributed by atoms with Gasteiger partial charge in [-0.1, -0.05) is 45.0 Å². The second-order valence-electron chi connectivity index (χ2n) is 5.68. The van der Waals surface area contributed by atoms with Gasteiger partial charge in [-0.25, -0.2) is 0 Å². The maximum Gasteiger partial charge on any atom is -0.000506 e. The zero-order valence-corrected chi connectivity index (χ0v) is 10.0. The van der Waals surface area contributed by atoms with E-state index in [1.807, 2.05) is 0 Å². The van der Waals surface area contributed by atoms with Crippen LogP contribution in [0.2, 0.25) is 0 Å². The summed E-state index contributed by atoms with van der Waals surface area (Å²) in [6, 6.07) is 9.14. The Balaban J connectivity index is 2.03. The average molecular weight is 203 g/mol. The lowest BCUT2D eigenvalue weighted by Crippen LogP contribution is -2.43. The molecule has 82 valence electrons. The highest BCUT2D eigenvalue weighted by molar-refractivity contribution is 5.27. The highest BCUT2D eigenvalue weighted by Gasteiger charge is 2.17. The number of hydrogen-bond acceptors (Lipinski definition) is 1. The molecule has 1 N–H and O–H groups in total. The molecule has 15 heavy (non-hydrogen) atoms. The first-order valence-electron chi connectivity index (χ1n) is 5.86. The van der Waals surface area contributed by atoms with Gasteiger partial charge in [-0.15, -0.1) is 0 Å². The van der Waals surface area contributed by atoms with Crippen molar-refractivity contribution in [2.24, 2.45) is 5.92 Å². The highest BCUT2D eigenvalue weighted by atomic mass is 14.9. The van der Waals surface area contributed by atoms with Gasteiger partial charge in [0.1, 0.15) is 0 Å². The SMILES string of the molecule is CC(C)(C)c1ccc(CC2CNC2)cc1. The first-order chi connectivity index (χ1) is 7.05. The molecule has 0 saturated carbocycles. The van der Waals surface area contributed by atoms with E-state index in [2.05, 4.69) is 50.4 Å². The van der Waals surface area contributed by atoms with Gasteiger partial charge in [0.25, 0.3) is 0 Å². The molecule has 1 heteroatoms. The molecule has 0 spiro atoms. The van der Waals surface area contributed by atoms with Crippen LogP contribution in [0.25, 0.3) is 0 Å². The second kappa shape index (κ2) is 3.97. The van der Waals surface area contributed by atoms with E-state index in [1.165, 1.54) is 30.6 Å². The third-order valence-electron chi connectivity index (χ3n) is 3.21. The van der Waals surface area contributed by atoms with Crippen LogP contribution in [0.5, 0.6) is 0 Å². The van der Waals surface area contributed by atoms with E-state index in [1.54, 1.807) is 0 Å². The van der Waals surface area contributed by atoms with Gasteiger partial charge < -0.3 is 5.32 Å². The molecular formula is C14H21N. The molecule has 1 aliphatic heterocycles. The van der Waals surface area contributed by atoms with Gasteiger partial charge in [0, 0.05) is 0 Å². The molecule has 2 rings (SSSR count). The Kier molecular flexibility index (Phi) is 2.83. The summed E-state index contributed by atoms with van der Waals surface area (Å²) >= 11 is 0. The van der Waals surface area contributed by atoms with E-state index in [9.17, 15) is 0 Å². The predicted molar refractivity (Wildman–Crippen MR) is 65.2 cm³/mol. The van der Waals surface area contributed by atoms with Crippen molar-refractivity contribution in [1.29, 1.82) is 0 Å². The third kappa shape index (κ3) is 2.60. The minimum absolute atomic E-state index is 0.274. The summed E-state index contributed by atoms with van der Waals surface area (Å²) in [5.74, 6) is 0.866. The molecule has 0 amide bonds. The van der Waals surface area contributed by atoms with Crippen LogP contribution in [0.1, 0.15) is 31.9 Å². The molecule has 0 radical (unpaired) electrons. The van der Waals surface area contributed by atoms with Crippen LogP contribution >= 0.6 is 0 Å². The van der Waals surface area contributed by atoms with E-state index in [0.717, 1.165) is 5.92 Å². The van der Waals surface area contributed by atoms with Crippen molar-refractivity contribution in [2.75, 3.05) is 13.1 Å². The molecule has 1 aliphatic rings. The fourth-order valence-electron chi connectivity index (χ4n) is 1.97. The number of benzene rings is 1. The Morgan fingerprint density at radius 3 is 2.13 bits per heavy atom.